The predicted octanol–water partition coefficient (Wildman–Crippen LogP) is 2.63. The van der Waals surface area contributed by atoms with E-state index in [2.05, 4.69) is 19.9 Å². The van der Waals surface area contributed by atoms with Crippen molar-refractivity contribution >= 4 is 22.1 Å². The molecule has 0 amide bonds. The van der Waals surface area contributed by atoms with Crippen LogP contribution in [0.25, 0.3) is 33.6 Å². The fourth-order valence-electron chi connectivity index (χ4n) is 2.45. The van der Waals surface area contributed by atoms with Gasteiger partial charge in [-0.1, -0.05) is 24.3 Å². The molecule has 0 aliphatic carbocycles. The summed E-state index contributed by atoms with van der Waals surface area (Å²) in [6, 6.07) is 13.7. The summed E-state index contributed by atoms with van der Waals surface area (Å²) in [7, 11) is 0. The summed E-state index contributed by atoms with van der Waals surface area (Å²) < 4.78 is 0. The molecule has 2 aromatic carbocycles. The fraction of sp³-hybridized carbons (Fsp3) is 0.0625. The lowest BCUT2D eigenvalue weighted by Crippen LogP contribution is -1.96. The highest BCUT2D eigenvalue weighted by Crippen LogP contribution is 2.22. The quantitative estimate of drug-likeness (QED) is 0.589. The topological polar surface area (TPSA) is 80.5 Å². The van der Waals surface area contributed by atoms with Crippen molar-refractivity contribution in [2.45, 2.75) is 6.54 Å². The fourth-order valence-corrected chi connectivity index (χ4v) is 2.45. The van der Waals surface area contributed by atoms with E-state index in [0.717, 1.165) is 33.3 Å². The van der Waals surface area contributed by atoms with Gasteiger partial charge in [-0.3, -0.25) is 4.98 Å². The van der Waals surface area contributed by atoms with E-state index in [0.29, 0.717) is 12.4 Å². The zero-order valence-electron chi connectivity index (χ0n) is 11.2. The molecule has 3 N–H and O–H groups in total. The Morgan fingerprint density at radius 1 is 0.952 bits per heavy atom. The van der Waals surface area contributed by atoms with Crippen molar-refractivity contribution in [3.63, 3.8) is 0 Å². The van der Waals surface area contributed by atoms with Crippen LogP contribution >= 0.6 is 0 Å². The molecule has 2 heterocycles. The lowest BCUT2D eigenvalue weighted by Gasteiger charge is -1.98. The molecule has 0 unspecified atom stereocenters. The number of fused-ring (bicyclic) bond motifs is 2. The molecule has 0 aliphatic rings. The van der Waals surface area contributed by atoms with Crippen LogP contribution in [0, 0.1) is 0 Å². The average Bonchev–Trinajstić information content (AvgIpc) is 2.98. The van der Waals surface area contributed by atoms with E-state index >= 15 is 0 Å². The number of nitrogens with one attached hydrogen (secondary N) is 1. The Bertz CT molecular complexity index is 942. The Morgan fingerprint density at radius 2 is 1.81 bits per heavy atom. The van der Waals surface area contributed by atoms with Gasteiger partial charge in [0.1, 0.15) is 5.69 Å². The SMILES string of the molecule is NCc1cccc2[nH]c(-c3cnc4ccccc4n3)nc12. The third-order valence-electron chi connectivity index (χ3n) is 3.51. The van der Waals surface area contributed by atoms with Crippen molar-refractivity contribution in [1.82, 2.24) is 19.9 Å². The van der Waals surface area contributed by atoms with Gasteiger partial charge < -0.3 is 10.7 Å². The number of para-hydroxylation sites is 3. The molecule has 5 heteroatoms. The second-order valence-electron chi connectivity index (χ2n) is 4.85. The normalized spacial score (nSPS) is 11.3. The number of nitrogens with two attached hydrogens (primary N) is 1. The van der Waals surface area contributed by atoms with Crippen LogP contribution in [0.4, 0.5) is 0 Å². The summed E-state index contributed by atoms with van der Waals surface area (Å²) in [5.74, 6) is 0.712. The Morgan fingerprint density at radius 3 is 2.67 bits per heavy atom. The van der Waals surface area contributed by atoms with Gasteiger partial charge >= 0.3 is 0 Å². The summed E-state index contributed by atoms with van der Waals surface area (Å²) in [5.41, 5.74) is 11.1. The van der Waals surface area contributed by atoms with E-state index in [-0.39, 0.29) is 0 Å². The van der Waals surface area contributed by atoms with Crippen LogP contribution in [-0.2, 0) is 6.54 Å². The van der Waals surface area contributed by atoms with Crippen LogP contribution in [0.1, 0.15) is 5.56 Å². The first-order chi connectivity index (χ1) is 10.3. The van der Waals surface area contributed by atoms with Gasteiger partial charge in [-0.15, -0.1) is 0 Å². The lowest BCUT2D eigenvalue weighted by atomic mass is 10.2. The Hall–Kier alpha value is -2.79. The van der Waals surface area contributed by atoms with Gasteiger partial charge in [0, 0.05) is 6.54 Å². The minimum atomic E-state index is 0.463. The van der Waals surface area contributed by atoms with E-state index in [1.807, 2.05) is 42.5 Å². The van der Waals surface area contributed by atoms with E-state index in [1.165, 1.54) is 0 Å². The average molecular weight is 275 g/mol. The summed E-state index contributed by atoms with van der Waals surface area (Å²) in [4.78, 5) is 16.9. The monoisotopic (exact) mass is 275 g/mol. The van der Waals surface area contributed by atoms with Crippen LogP contribution < -0.4 is 5.73 Å². The maximum absolute atomic E-state index is 5.76. The molecule has 0 fully saturated rings. The van der Waals surface area contributed by atoms with Crippen LogP contribution in [0.15, 0.2) is 48.7 Å². The highest BCUT2D eigenvalue weighted by atomic mass is 15.0. The van der Waals surface area contributed by atoms with Crippen LogP contribution in [-0.4, -0.2) is 19.9 Å². The Balaban J connectivity index is 1.91. The van der Waals surface area contributed by atoms with Crippen molar-refractivity contribution < 1.29 is 0 Å². The van der Waals surface area contributed by atoms with Gasteiger partial charge in [0.05, 0.1) is 28.3 Å². The van der Waals surface area contributed by atoms with Crippen molar-refractivity contribution in [1.29, 1.82) is 0 Å². The molecule has 4 aromatic rings. The van der Waals surface area contributed by atoms with E-state index in [1.54, 1.807) is 6.20 Å². The van der Waals surface area contributed by atoms with Crippen LogP contribution in [0.2, 0.25) is 0 Å². The minimum Gasteiger partial charge on any atom is -0.337 e. The zero-order chi connectivity index (χ0) is 14.2. The molecule has 0 spiro atoms. The van der Waals surface area contributed by atoms with Gasteiger partial charge in [-0.2, -0.15) is 0 Å². The van der Waals surface area contributed by atoms with Gasteiger partial charge in [0.2, 0.25) is 0 Å². The lowest BCUT2D eigenvalue weighted by molar-refractivity contribution is 1.08. The number of nitrogens with zero attached hydrogens (tertiary/aromatic N) is 3. The van der Waals surface area contributed by atoms with Crippen LogP contribution in [0.5, 0.6) is 0 Å². The molecule has 5 nitrogen and oxygen atoms in total. The molecular formula is C16H13N5. The first kappa shape index (κ1) is 12.0. The predicted molar refractivity (Wildman–Crippen MR) is 82.5 cm³/mol. The number of rotatable bonds is 2. The molecule has 0 aliphatic heterocycles. The highest BCUT2D eigenvalue weighted by Gasteiger charge is 2.10. The molecule has 2 aromatic heterocycles. The minimum absolute atomic E-state index is 0.463. The van der Waals surface area contributed by atoms with Gasteiger partial charge in [-0.05, 0) is 23.8 Å². The summed E-state index contributed by atoms with van der Waals surface area (Å²) in [6.45, 7) is 0.463. The standard InChI is InChI=1S/C16H13N5/c17-8-10-4-3-7-13-15(10)21-16(20-13)14-9-18-11-5-1-2-6-12(11)19-14/h1-7,9H,8,17H2,(H,20,21). The molecule has 0 bridgehead atoms. The maximum atomic E-state index is 5.76. The summed E-state index contributed by atoms with van der Waals surface area (Å²) in [6.07, 6.45) is 1.74. The van der Waals surface area contributed by atoms with Crippen molar-refractivity contribution in [3.8, 4) is 11.5 Å². The van der Waals surface area contributed by atoms with E-state index in [4.69, 9.17) is 5.73 Å². The van der Waals surface area contributed by atoms with Gasteiger partial charge in [-0.25, -0.2) is 9.97 Å². The molecule has 0 radical (unpaired) electrons. The Kier molecular flexibility index (Phi) is 2.65. The van der Waals surface area contributed by atoms with Gasteiger partial charge in [0.15, 0.2) is 5.82 Å². The Labute approximate surface area is 120 Å². The number of aromatic nitrogens is 4. The highest BCUT2D eigenvalue weighted by molar-refractivity contribution is 5.83. The number of hydrogen-bond donors (Lipinski definition) is 2. The number of hydrogen-bond acceptors (Lipinski definition) is 4. The third kappa shape index (κ3) is 1.95. The molecule has 4 rings (SSSR count). The van der Waals surface area contributed by atoms with Crippen molar-refractivity contribution in [3.05, 3.63) is 54.2 Å². The molecule has 0 saturated carbocycles. The summed E-state index contributed by atoms with van der Waals surface area (Å²) in [5, 5.41) is 0. The number of H-pyrrole nitrogens is 1. The first-order valence-electron chi connectivity index (χ1n) is 6.75. The largest absolute Gasteiger partial charge is 0.337 e. The second kappa shape index (κ2) is 4.64. The number of aromatic amines is 1. The van der Waals surface area contributed by atoms with Gasteiger partial charge in [0.25, 0.3) is 0 Å². The summed E-state index contributed by atoms with van der Waals surface area (Å²) >= 11 is 0. The molecule has 102 valence electrons. The zero-order valence-corrected chi connectivity index (χ0v) is 11.2. The third-order valence-corrected chi connectivity index (χ3v) is 3.51. The van der Waals surface area contributed by atoms with Crippen molar-refractivity contribution in [2.75, 3.05) is 0 Å². The smallest absolute Gasteiger partial charge is 0.158 e. The maximum Gasteiger partial charge on any atom is 0.158 e. The van der Waals surface area contributed by atoms with E-state index in [9.17, 15) is 0 Å². The number of imidazole rings is 1. The first-order valence-corrected chi connectivity index (χ1v) is 6.75. The number of benzene rings is 2. The molecule has 0 atom stereocenters. The van der Waals surface area contributed by atoms with E-state index < -0.39 is 0 Å². The molecular weight excluding hydrogens is 262 g/mol. The second-order valence-corrected chi connectivity index (χ2v) is 4.85. The van der Waals surface area contributed by atoms with Crippen LogP contribution in [0.3, 0.4) is 0 Å². The molecule has 21 heavy (non-hydrogen) atoms. The van der Waals surface area contributed by atoms with Crippen molar-refractivity contribution in [2.24, 2.45) is 5.73 Å². The molecule has 0 saturated heterocycles.